The number of phenols is 1. The second-order valence-electron chi connectivity index (χ2n) is 9.13. The molecular weight excluding hydrogens is 553 g/mol. The van der Waals surface area contributed by atoms with E-state index < -0.39 is 41.1 Å². The molecule has 42 heavy (non-hydrogen) atoms. The third-order valence-electron chi connectivity index (χ3n) is 6.31. The van der Waals surface area contributed by atoms with E-state index in [1.165, 1.54) is 18.2 Å². The fraction of sp³-hybridized carbons (Fsp3) is 0.0690. The highest BCUT2D eigenvalue weighted by Gasteiger charge is 2.42. The van der Waals surface area contributed by atoms with E-state index in [2.05, 4.69) is 20.9 Å². The molecule has 5 N–H and O–H groups in total. The van der Waals surface area contributed by atoms with Gasteiger partial charge >= 0.3 is 6.18 Å². The number of nitrogens with zero attached hydrogens (tertiary/aromatic N) is 3. The summed E-state index contributed by atoms with van der Waals surface area (Å²) in [5.41, 5.74) is 6.42. The Morgan fingerprint density at radius 1 is 0.929 bits per heavy atom. The van der Waals surface area contributed by atoms with Crippen LogP contribution in [0.25, 0.3) is 10.8 Å². The van der Waals surface area contributed by atoms with Gasteiger partial charge in [0.15, 0.2) is 0 Å². The van der Waals surface area contributed by atoms with Gasteiger partial charge in [0.25, 0.3) is 17.7 Å². The summed E-state index contributed by atoms with van der Waals surface area (Å²) in [4.78, 5) is 39.8. The first-order valence-electron chi connectivity index (χ1n) is 12.3. The molecule has 1 aliphatic heterocycles. The molecule has 13 heteroatoms. The van der Waals surface area contributed by atoms with Crippen LogP contribution in [0.2, 0.25) is 0 Å². The van der Waals surface area contributed by atoms with E-state index in [4.69, 9.17) is 5.73 Å². The number of rotatable bonds is 6. The monoisotopic (exact) mass is 574 g/mol. The summed E-state index contributed by atoms with van der Waals surface area (Å²) in [6, 6.07) is 21.7. The number of amides is 3. The van der Waals surface area contributed by atoms with Crippen LogP contribution in [0.4, 0.5) is 24.5 Å². The number of hydrogen-bond donors (Lipinski definition) is 4. The standard InChI is InChI=1S/C29H21F3N6O4/c30-29(31,32)18-9-6-10-19(15-18)34-27(41)24(23-25(33)37-38(28(23)42)20-11-2-1-3-12-20)35-36-26(40)21-13-16-7-4-5-8-17(16)14-22(21)39/h1-15,23,39H,(H2,33,37)(H,34,41)(H,36,40). The Morgan fingerprint density at radius 2 is 1.60 bits per heavy atom. The summed E-state index contributed by atoms with van der Waals surface area (Å²) in [6.07, 6.45) is -4.68. The molecule has 0 saturated heterocycles. The van der Waals surface area contributed by atoms with Crippen molar-refractivity contribution in [1.29, 1.82) is 0 Å². The van der Waals surface area contributed by atoms with Crippen LogP contribution in [0.15, 0.2) is 101 Å². The van der Waals surface area contributed by atoms with E-state index in [-0.39, 0.29) is 22.8 Å². The maximum atomic E-state index is 13.4. The van der Waals surface area contributed by atoms with Gasteiger partial charge in [0.2, 0.25) is 0 Å². The molecule has 0 spiro atoms. The number of carbonyl (C=O) groups is 3. The lowest BCUT2D eigenvalue weighted by molar-refractivity contribution is -0.137. The number of aromatic hydroxyl groups is 1. The number of hydrazone groups is 2. The van der Waals surface area contributed by atoms with Crippen LogP contribution in [0.1, 0.15) is 15.9 Å². The largest absolute Gasteiger partial charge is 0.507 e. The predicted molar refractivity (Wildman–Crippen MR) is 150 cm³/mol. The van der Waals surface area contributed by atoms with Crippen molar-refractivity contribution >= 4 is 51.4 Å². The van der Waals surface area contributed by atoms with Crippen LogP contribution in [0, 0.1) is 5.92 Å². The topological polar surface area (TPSA) is 149 Å². The van der Waals surface area contributed by atoms with Gasteiger partial charge in [0, 0.05) is 5.69 Å². The third-order valence-corrected chi connectivity index (χ3v) is 6.31. The molecule has 0 fully saturated rings. The minimum atomic E-state index is -4.68. The number of nitrogens with two attached hydrogens (primary N) is 1. The zero-order valence-electron chi connectivity index (χ0n) is 21.5. The minimum absolute atomic E-state index is 0.180. The molecule has 0 aromatic heterocycles. The first-order valence-corrected chi connectivity index (χ1v) is 12.3. The van der Waals surface area contributed by atoms with Gasteiger partial charge < -0.3 is 16.2 Å². The smallest absolute Gasteiger partial charge is 0.416 e. The number of alkyl halides is 3. The molecule has 0 saturated carbocycles. The van der Waals surface area contributed by atoms with Crippen molar-refractivity contribution in [3.05, 3.63) is 102 Å². The Balaban J connectivity index is 1.49. The van der Waals surface area contributed by atoms with Crippen molar-refractivity contribution in [2.24, 2.45) is 21.9 Å². The quantitative estimate of drug-likeness (QED) is 0.201. The lowest BCUT2D eigenvalue weighted by Crippen LogP contribution is -2.43. The van der Waals surface area contributed by atoms with Gasteiger partial charge in [-0.15, -0.1) is 0 Å². The van der Waals surface area contributed by atoms with E-state index >= 15 is 0 Å². The van der Waals surface area contributed by atoms with Gasteiger partial charge in [-0.3, -0.25) is 14.4 Å². The van der Waals surface area contributed by atoms with Crippen molar-refractivity contribution in [2.75, 3.05) is 10.3 Å². The molecule has 212 valence electrons. The van der Waals surface area contributed by atoms with E-state index in [0.717, 1.165) is 17.1 Å². The second kappa shape index (κ2) is 11.0. The molecule has 1 heterocycles. The van der Waals surface area contributed by atoms with Gasteiger partial charge in [-0.05, 0) is 53.2 Å². The molecule has 0 aliphatic carbocycles. The lowest BCUT2D eigenvalue weighted by Gasteiger charge is -2.16. The Labute approximate surface area is 235 Å². The van der Waals surface area contributed by atoms with E-state index in [9.17, 15) is 32.7 Å². The van der Waals surface area contributed by atoms with Gasteiger partial charge in [0.05, 0.1) is 16.8 Å². The van der Waals surface area contributed by atoms with Crippen molar-refractivity contribution in [3.8, 4) is 5.75 Å². The minimum Gasteiger partial charge on any atom is -0.507 e. The van der Waals surface area contributed by atoms with Crippen LogP contribution in [0.3, 0.4) is 0 Å². The van der Waals surface area contributed by atoms with Gasteiger partial charge in [-0.25, -0.2) is 5.43 Å². The molecule has 0 bridgehead atoms. The van der Waals surface area contributed by atoms with Crippen molar-refractivity contribution in [2.45, 2.75) is 6.18 Å². The van der Waals surface area contributed by atoms with Crippen molar-refractivity contribution in [1.82, 2.24) is 5.43 Å². The van der Waals surface area contributed by atoms with Crippen LogP contribution in [0.5, 0.6) is 5.75 Å². The number of amidine groups is 1. The number of halogens is 3. The van der Waals surface area contributed by atoms with E-state index in [1.807, 2.05) is 0 Å². The highest BCUT2D eigenvalue weighted by Crippen LogP contribution is 2.31. The second-order valence-corrected chi connectivity index (χ2v) is 9.13. The molecule has 1 aliphatic rings. The normalized spacial score (nSPS) is 15.5. The summed E-state index contributed by atoms with van der Waals surface area (Å²) in [7, 11) is 0. The summed E-state index contributed by atoms with van der Waals surface area (Å²) >= 11 is 0. The zero-order chi connectivity index (χ0) is 30.0. The summed E-state index contributed by atoms with van der Waals surface area (Å²) in [6.45, 7) is 0. The van der Waals surface area contributed by atoms with E-state index in [0.29, 0.717) is 22.5 Å². The molecule has 5 rings (SSSR count). The van der Waals surface area contributed by atoms with Gasteiger partial charge in [0.1, 0.15) is 23.2 Å². The number of para-hydroxylation sites is 1. The number of carbonyl (C=O) groups excluding carboxylic acids is 3. The zero-order valence-corrected chi connectivity index (χ0v) is 21.5. The van der Waals surface area contributed by atoms with Crippen LogP contribution >= 0.6 is 0 Å². The Hall–Kier alpha value is -5.72. The van der Waals surface area contributed by atoms with E-state index in [1.54, 1.807) is 54.6 Å². The van der Waals surface area contributed by atoms with Crippen molar-refractivity contribution < 1.29 is 32.7 Å². The average molecular weight is 575 g/mol. The van der Waals surface area contributed by atoms with Crippen LogP contribution in [-0.4, -0.2) is 34.4 Å². The maximum Gasteiger partial charge on any atom is 0.416 e. The van der Waals surface area contributed by atoms with Crippen LogP contribution < -0.4 is 21.5 Å². The number of phenolic OH excluding ortho intramolecular Hbond substituents is 1. The first kappa shape index (κ1) is 27.8. The molecule has 4 aromatic rings. The van der Waals surface area contributed by atoms with Gasteiger partial charge in [-0.1, -0.05) is 48.5 Å². The number of hydrogen-bond acceptors (Lipinski definition) is 7. The summed E-state index contributed by atoms with van der Waals surface area (Å²) in [5, 5.41) is 22.8. The fourth-order valence-corrected chi connectivity index (χ4v) is 4.28. The molecular formula is C29H21F3N6O4. The fourth-order valence-electron chi connectivity index (χ4n) is 4.28. The number of benzene rings is 4. The third kappa shape index (κ3) is 5.61. The molecule has 0 radical (unpaired) electrons. The number of fused-ring (bicyclic) bond motifs is 1. The van der Waals surface area contributed by atoms with Gasteiger partial charge in [-0.2, -0.15) is 28.4 Å². The molecule has 1 atom stereocenters. The summed E-state index contributed by atoms with van der Waals surface area (Å²) < 4.78 is 39.7. The van der Waals surface area contributed by atoms with Crippen molar-refractivity contribution in [3.63, 3.8) is 0 Å². The Kier molecular flexibility index (Phi) is 7.32. The lowest BCUT2D eigenvalue weighted by atomic mass is 10.0. The maximum absolute atomic E-state index is 13.4. The highest BCUT2D eigenvalue weighted by atomic mass is 19.4. The molecule has 10 nitrogen and oxygen atoms in total. The number of anilines is 2. The molecule has 3 amide bonds. The SMILES string of the molecule is NC1=NN(c2ccccc2)C(=O)C1C(=NNC(=O)c1cc2ccccc2cc1O)C(=O)Nc1cccc(C(F)(F)F)c1. The van der Waals surface area contributed by atoms with Crippen LogP contribution in [-0.2, 0) is 15.8 Å². The highest BCUT2D eigenvalue weighted by molar-refractivity contribution is 6.52. The number of nitrogens with one attached hydrogen (secondary N) is 2. The predicted octanol–water partition coefficient (Wildman–Crippen LogP) is 4.22. The molecule has 1 unspecified atom stereocenters. The Bertz CT molecular complexity index is 1770. The molecule has 4 aromatic carbocycles. The first-order chi connectivity index (χ1) is 20.0. The summed E-state index contributed by atoms with van der Waals surface area (Å²) in [5.74, 6) is -5.15. The average Bonchev–Trinajstić information content (AvgIpc) is 3.26. The Morgan fingerprint density at radius 3 is 2.29 bits per heavy atom.